The number of hydrogen-bond acceptors (Lipinski definition) is 0. The first kappa shape index (κ1) is 339. The Morgan fingerprint density at radius 3 is 0.375 bits per heavy atom. The van der Waals surface area contributed by atoms with Crippen molar-refractivity contribution >= 4 is 54.0 Å². The van der Waals surface area contributed by atoms with Crippen molar-refractivity contribution in [3.63, 3.8) is 0 Å². The molecular formula is H7F6NaSb. The van der Waals surface area contributed by atoms with Crippen molar-refractivity contribution in [2.24, 2.45) is 0 Å². The molecule has 0 spiro atoms. The molecule has 0 aliphatic carbocycles. The van der Waals surface area contributed by atoms with Crippen LogP contribution >= 0.6 is 0 Å². The molecule has 0 aliphatic rings. The van der Waals surface area contributed by atoms with Crippen LogP contribution in [0.3, 0.4) is 0 Å². The molecule has 0 saturated carbocycles. The maximum Gasteiger partial charge on any atom is 0 e. The van der Waals surface area contributed by atoms with E-state index in [2.05, 4.69) is 0 Å². The van der Waals surface area contributed by atoms with Gasteiger partial charge in [-0.1, -0.05) is 0 Å². The second-order valence-corrected chi connectivity index (χ2v) is 0. The van der Waals surface area contributed by atoms with Crippen molar-refractivity contribution < 1.29 is 28.2 Å². The van der Waals surface area contributed by atoms with Crippen LogP contribution in [0, 0.1) is 0 Å². The third-order valence-electron chi connectivity index (χ3n) is 0. The molecule has 0 N–H and O–H groups in total. The Kier molecular flexibility index (Phi) is 9970. The minimum absolute atomic E-state index is 0. The molecule has 0 aromatic carbocycles. The van der Waals surface area contributed by atoms with Gasteiger partial charge in [0.2, 0.25) is 0 Å². The first-order valence-electron chi connectivity index (χ1n) is 0. The van der Waals surface area contributed by atoms with E-state index in [0.717, 1.165) is 0 Å². The fourth-order valence-corrected chi connectivity index (χ4v) is 0. The van der Waals surface area contributed by atoms with Gasteiger partial charge in [0.25, 0.3) is 0 Å². The van der Waals surface area contributed by atoms with Crippen LogP contribution < -0.4 is 0 Å². The molecule has 55 valence electrons. The van der Waals surface area contributed by atoms with Crippen molar-refractivity contribution in [1.82, 2.24) is 0 Å². The van der Waals surface area contributed by atoms with Crippen molar-refractivity contribution in [1.29, 1.82) is 0 Å². The predicted molar refractivity (Wildman–Crippen MR) is 27.9 cm³/mol. The van der Waals surface area contributed by atoms with Gasteiger partial charge in [0.1, 0.15) is 0 Å². The second kappa shape index (κ2) is 235. The third kappa shape index (κ3) is 155. The van der Waals surface area contributed by atoms with E-state index in [1.807, 2.05) is 0 Å². The number of rotatable bonds is 0. The maximum atomic E-state index is 0. The minimum atomic E-state index is 0. The fraction of sp³-hybridized carbons (Fsp3) is 0. The Hall–Kier alpha value is 1.40. The second-order valence-electron chi connectivity index (χ2n) is 0. The molecule has 0 nitrogen and oxygen atoms in total. The standard InChI is InChI=1S/6FH.Na.Sb.H/h6*1H;;;. The molecule has 0 atom stereocenters. The summed E-state index contributed by atoms with van der Waals surface area (Å²) in [6, 6.07) is 0. The third-order valence-corrected chi connectivity index (χ3v) is 0. The Morgan fingerprint density at radius 1 is 0.375 bits per heavy atom. The van der Waals surface area contributed by atoms with E-state index in [0.29, 0.717) is 0 Å². The van der Waals surface area contributed by atoms with Crippen molar-refractivity contribution in [3.05, 3.63) is 0 Å². The molecule has 0 rings (SSSR count). The van der Waals surface area contributed by atoms with E-state index >= 15 is 0 Å². The van der Waals surface area contributed by atoms with Crippen LogP contribution in [-0.2, 0) is 0 Å². The smallest absolute Gasteiger partial charge is 0 e. The zero-order valence-corrected chi connectivity index (χ0v) is 5.45. The van der Waals surface area contributed by atoms with E-state index in [9.17, 15) is 0 Å². The Balaban J connectivity index is 0. The van der Waals surface area contributed by atoms with Gasteiger partial charge in [0.05, 0.1) is 0 Å². The molecule has 3 radical (unpaired) electrons. The van der Waals surface area contributed by atoms with Gasteiger partial charge >= 0.3 is 29.6 Å². The molecule has 0 fully saturated rings. The van der Waals surface area contributed by atoms with Crippen molar-refractivity contribution in [2.75, 3.05) is 0 Å². The molecule has 0 saturated heterocycles. The monoisotopic (exact) mass is 265 g/mol. The summed E-state index contributed by atoms with van der Waals surface area (Å²) in [5, 5.41) is 0. The molecule has 0 heterocycles. The van der Waals surface area contributed by atoms with Crippen molar-refractivity contribution in [3.8, 4) is 0 Å². The van der Waals surface area contributed by atoms with Gasteiger partial charge < -0.3 is 0 Å². The first-order chi connectivity index (χ1) is 0. The summed E-state index contributed by atoms with van der Waals surface area (Å²) >= 11 is 0. The van der Waals surface area contributed by atoms with Crippen LogP contribution in [0.1, 0.15) is 0 Å². The normalized spacial score (nSPS) is 0. The Bertz CT molecular complexity index is 8.49. The van der Waals surface area contributed by atoms with E-state index < -0.39 is 0 Å². The van der Waals surface area contributed by atoms with Crippen LogP contribution in [-0.4, -0.2) is 54.0 Å². The van der Waals surface area contributed by atoms with E-state index in [1.165, 1.54) is 0 Å². The molecule has 0 bridgehead atoms. The summed E-state index contributed by atoms with van der Waals surface area (Å²) in [5.74, 6) is 0. The van der Waals surface area contributed by atoms with Gasteiger partial charge in [-0.05, 0) is 0 Å². The van der Waals surface area contributed by atoms with E-state index in [-0.39, 0.29) is 82.2 Å². The largest absolute Gasteiger partial charge is 0 e. The minimum Gasteiger partial charge on any atom is 0 e. The summed E-state index contributed by atoms with van der Waals surface area (Å²) in [6.45, 7) is 0. The molecule has 0 aliphatic heterocycles. The zero-order valence-electron chi connectivity index (χ0n) is 2.90. The van der Waals surface area contributed by atoms with Gasteiger partial charge in [0, 0.05) is 24.4 Å². The zero-order chi connectivity index (χ0) is 0. The van der Waals surface area contributed by atoms with Crippen LogP contribution in [0.15, 0.2) is 0 Å². The molecular weight excluding hydrogens is 259 g/mol. The summed E-state index contributed by atoms with van der Waals surface area (Å²) < 4.78 is 0. The van der Waals surface area contributed by atoms with E-state index in [1.54, 1.807) is 0 Å². The summed E-state index contributed by atoms with van der Waals surface area (Å²) in [6.07, 6.45) is 0. The maximum absolute atomic E-state index is 0. The molecule has 0 unspecified atom stereocenters. The average Bonchev–Trinajstić information content (AvgIpc) is 0. The quantitative estimate of drug-likeness (QED) is 0.423. The average molecular weight is 266 g/mol. The van der Waals surface area contributed by atoms with Crippen LogP contribution in [0.2, 0.25) is 0 Å². The SMILES string of the molecule is F.F.F.F.F.F.[NaH].[Sb]. The van der Waals surface area contributed by atoms with Crippen LogP contribution in [0.5, 0.6) is 0 Å². The van der Waals surface area contributed by atoms with Crippen LogP contribution in [0.4, 0.5) is 28.2 Å². The Morgan fingerprint density at radius 2 is 0.375 bits per heavy atom. The van der Waals surface area contributed by atoms with Gasteiger partial charge in [-0.15, -0.1) is 0 Å². The van der Waals surface area contributed by atoms with E-state index in [4.69, 9.17) is 0 Å². The van der Waals surface area contributed by atoms with Gasteiger partial charge in [-0.2, -0.15) is 0 Å². The van der Waals surface area contributed by atoms with Gasteiger partial charge in [-0.25, -0.2) is 0 Å². The van der Waals surface area contributed by atoms with Crippen LogP contribution in [0.25, 0.3) is 0 Å². The predicted octanol–water partition coefficient (Wildman–Crippen LogP) is -0.114. The Labute approximate surface area is 81.7 Å². The first-order valence-corrected chi connectivity index (χ1v) is 0. The molecule has 0 amide bonds. The summed E-state index contributed by atoms with van der Waals surface area (Å²) in [4.78, 5) is 0. The molecule has 8 heteroatoms. The molecule has 0 aromatic rings. The summed E-state index contributed by atoms with van der Waals surface area (Å²) in [5.41, 5.74) is 0. The fourth-order valence-electron chi connectivity index (χ4n) is 0. The van der Waals surface area contributed by atoms with Gasteiger partial charge in [0.15, 0.2) is 0 Å². The topological polar surface area (TPSA) is 0 Å². The number of hydrogen-bond donors (Lipinski definition) is 0. The summed E-state index contributed by atoms with van der Waals surface area (Å²) in [7, 11) is 0. The van der Waals surface area contributed by atoms with Gasteiger partial charge in [-0.3, -0.25) is 28.2 Å². The van der Waals surface area contributed by atoms with Crippen molar-refractivity contribution in [2.45, 2.75) is 0 Å². The molecule has 8 heavy (non-hydrogen) atoms. The number of halogens is 6. The molecule has 0 aromatic heterocycles.